The summed E-state index contributed by atoms with van der Waals surface area (Å²) in [7, 11) is 0. The number of carbonyl (C=O) groups excluding carboxylic acids is 1. The molecular weight excluding hydrogens is 406 g/mol. The summed E-state index contributed by atoms with van der Waals surface area (Å²) >= 11 is 0. The van der Waals surface area contributed by atoms with E-state index in [2.05, 4.69) is 9.72 Å². The first-order valence-electron chi connectivity index (χ1n) is 7.95. The lowest BCUT2D eigenvalue weighted by Gasteiger charge is -2.15. The van der Waals surface area contributed by atoms with Crippen LogP contribution >= 0.6 is 0 Å². The van der Waals surface area contributed by atoms with Crippen molar-refractivity contribution in [3.8, 4) is 11.9 Å². The van der Waals surface area contributed by atoms with E-state index in [4.69, 9.17) is 10.00 Å². The predicted molar refractivity (Wildman–Crippen MR) is 85.7 cm³/mol. The first-order chi connectivity index (χ1) is 13.5. The van der Waals surface area contributed by atoms with Crippen molar-refractivity contribution in [3.63, 3.8) is 0 Å². The van der Waals surface area contributed by atoms with Gasteiger partial charge in [-0.1, -0.05) is 12.1 Å². The van der Waals surface area contributed by atoms with E-state index in [9.17, 15) is 31.1 Å². The van der Waals surface area contributed by atoms with Crippen molar-refractivity contribution in [2.75, 3.05) is 6.61 Å². The Labute approximate surface area is 160 Å². The summed E-state index contributed by atoms with van der Waals surface area (Å²) in [5.41, 5.74) is -4.08. The zero-order valence-electron chi connectivity index (χ0n) is 14.7. The van der Waals surface area contributed by atoms with Gasteiger partial charge in [0.1, 0.15) is 18.2 Å². The largest absolute Gasteiger partial charge is 0.472 e. The summed E-state index contributed by atoms with van der Waals surface area (Å²) in [6, 6.07) is 6.10. The van der Waals surface area contributed by atoms with Gasteiger partial charge in [-0.05, 0) is 30.7 Å². The van der Waals surface area contributed by atoms with Gasteiger partial charge in [0.25, 0.3) is 0 Å². The Hall–Kier alpha value is -3.29. The predicted octanol–water partition coefficient (Wildman–Crippen LogP) is 4.75. The van der Waals surface area contributed by atoms with Gasteiger partial charge in [0.05, 0.1) is 17.7 Å². The van der Waals surface area contributed by atoms with E-state index < -0.39 is 53.2 Å². The molecule has 0 N–H and O–H groups in total. The summed E-state index contributed by atoms with van der Waals surface area (Å²) in [6.07, 6.45) is -9.68. The van der Waals surface area contributed by atoms with Crippen LogP contribution in [0.1, 0.15) is 39.7 Å². The SMILES string of the molecule is CCOC(=O)c1cc(C#N)c(OCc2cccc(C(F)(F)F)c2)nc1C(F)(F)F. The molecule has 0 aliphatic carbocycles. The van der Waals surface area contributed by atoms with Gasteiger partial charge in [0.2, 0.25) is 5.88 Å². The highest BCUT2D eigenvalue weighted by atomic mass is 19.4. The molecule has 2 rings (SSSR count). The first kappa shape index (κ1) is 22.0. The number of esters is 1. The van der Waals surface area contributed by atoms with Gasteiger partial charge in [-0.2, -0.15) is 31.6 Å². The number of hydrogen-bond donors (Lipinski definition) is 0. The van der Waals surface area contributed by atoms with E-state index in [0.29, 0.717) is 6.07 Å². The quantitative estimate of drug-likeness (QED) is 0.518. The van der Waals surface area contributed by atoms with Gasteiger partial charge < -0.3 is 9.47 Å². The number of halogens is 6. The smallest absolute Gasteiger partial charge is 0.434 e. The van der Waals surface area contributed by atoms with Crippen molar-refractivity contribution in [1.29, 1.82) is 5.26 Å². The number of rotatable bonds is 5. The van der Waals surface area contributed by atoms with E-state index in [1.807, 2.05) is 0 Å². The van der Waals surface area contributed by atoms with Gasteiger partial charge in [-0.25, -0.2) is 9.78 Å². The molecule has 5 nitrogen and oxygen atoms in total. The molecule has 1 heterocycles. The molecule has 0 fully saturated rings. The number of hydrogen-bond acceptors (Lipinski definition) is 5. The lowest BCUT2D eigenvalue weighted by Crippen LogP contribution is -2.18. The molecule has 2 aromatic rings. The van der Waals surface area contributed by atoms with Crippen LogP contribution in [0.15, 0.2) is 30.3 Å². The number of pyridine rings is 1. The third kappa shape index (κ3) is 5.37. The van der Waals surface area contributed by atoms with E-state index in [-0.39, 0.29) is 12.2 Å². The molecule has 0 bridgehead atoms. The highest BCUT2D eigenvalue weighted by molar-refractivity contribution is 5.91. The number of ether oxygens (including phenoxy) is 2. The average Bonchev–Trinajstić information content (AvgIpc) is 2.64. The van der Waals surface area contributed by atoms with Crippen molar-refractivity contribution in [3.05, 3.63) is 58.3 Å². The van der Waals surface area contributed by atoms with Crippen molar-refractivity contribution < 1.29 is 40.6 Å². The molecule has 1 aromatic carbocycles. The Morgan fingerprint density at radius 2 is 1.83 bits per heavy atom. The van der Waals surface area contributed by atoms with E-state index in [1.165, 1.54) is 13.0 Å². The van der Waals surface area contributed by atoms with Crippen LogP contribution in [0.25, 0.3) is 0 Å². The van der Waals surface area contributed by atoms with Crippen molar-refractivity contribution >= 4 is 5.97 Å². The summed E-state index contributed by atoms with van der Waals surface area (Å²) < 4.78 is 87.7. The zero-order chi connectivity index (χ0) is 21.8. The van der Waals surface area contributed by atoms with Gasteiger partial charge in [0.15, 0.2) is 5.69 Å². The molecule has 0 amide bonds. The van der Waals surface area contributed by atoms with Crippen LogP contribution < -0.4 is 4.74 Å². The van der Waals surface area contributed by atoms with Gasteiger partial charge in [0, 0.05) is 0 Å². The molecule has 0 spiro atoms. The average molecular weight is 418 g/mol. The molecule has 0 saturated carbocycles. The molecule has 0 aliphatic heterocycles. The van der Waals surface area contributed by atoms with Crippen molar-refractivity contribution in [1.82, 2.24) is 4.98 Å². The summed E-state index contributed by atoms with van der Waals surface area (Å²) in [5, 5.41) is 9.14. The van der Waals surface area contributed by atoms with Crippen LogP contribution in [0, 0.1) is 11.3 Å². The zero-order valence-corrected chi connectivity index (χ0v) is 14.7. The van der Waals surface area contributed by atoms with Crippen LogP contribution in [0.3, 0.4) is 0 Å². The highest BCUT2D eigenvalue weighted by Crippen LogP contribution is 2.34. The first-order valence-corrected chi connectivity index (χ1v) is 7.95. The van der Waals surface area contributed by atoms with Crippen molar-refractivity contribution in [2.24, 2.45) is 0 Å². The molecule has 11 heteroatoms. The fourth-order valence-electron chi connectivity index (χ4n) is 2.26. The normalized spacial score (nSPS) is 11.7. The van der Waals surface area contributed by atoms with Crippen LogP contribution in [0.5, 0.6) is 5.88 Å². The summed E-state index contributed by atoms with van der Waals surface area (Å²) in [6.45, 7) is 0.601. The fraction of sp³-hybridized carbons (Fsp3) is 0.278. The molecule has 0 unspecified atom stereocenters. The van der Waals surface area contributed by atoms with Gasteiger partial charge in [-0.3, -0.25) is 0 Å². The maximum absolute atomic E-state index is 13.3. The monoisotopic (exact) mass is 418 g/mol. The summed E-state index contributed by atoms with van der Waals surface area (Å²) in [5.74, 6) is -2.10. The van der Waals surface area contributed by atoms with Crippen LogP contribution in [-0.2, 0) is 23.7 Å². The lowest BCUT2D eigenvalue weighted by molar-refractivity contribution is -0.142. The Morgan fingerprint density at radius 3 is 2.38 bits per heavy atom. The van der Waals surface area contributed by atoms with E-state index in [1.54, 1.807) is 6.07 Å². The minimum atomic E-state index is -5.07. The molecular formula is C18H12F6N2O3. The fourth-order valence-corrected chi connectivity index (χ4v) is 2.26. The molecule has 0 saturated heterocycles. The van der Waals surface area contributed by atoms with Crippen LogP contribution in [0.4, 0.5) is 26.3 Å². The lowest BCUT2D eigenvalue weighted by atomic mass is 10.1. The van der Waals surface area contributed by atoms with E-state index >= 15 is 0 Å². The topological polar surface area (TPSA) is 72.2 Å². The second-order valence-corrected chi connectivity index (χ2v) is 5.55. The molecule has 1 aromatic heterocycles. The number of aromatic nitrogens is 1. The van der Waals surface area contributed by atoms with Crippen LogP contribution in [-0.4, -0.2) is 17.6 Å². The third-order valence-electron chi connectivity index (χ3n) is 3.50. The molecule has 0 aliphatic rings. The Balaban J connectivity index is 2.41. The molecule has 0 radical (unpaired) electrons. The Kier molecular flexibility index (Phi) is 6.36. The molecule has 0 atom stereocenters. The maximum Gasteiger partial charge on any atom is 0.434 e. The van der Waals surface area contributed by atoms with Crippen LogP contribution in [0.2, 0.25) is 0 Å². The standard InChI is InChI=1S/C18H12F6N2O3/c1-2-28-16(27)13-7-11(8-25)15(26-14(13)18(22,23)24)29-9-10-4-3-5-12(6-10)17(19,20)21/h3-7H,2,9H2,1H3. The number of carbonyl (C=O) groups is 1. The third-order valence-corrected chi connectivity index (χ3v) is 3.50. The minimum Gasteiger partial charge on any atom is -0.472 e. The maximum atomic E-state index is 13.3. The number of alkyl halides is 6. The number of nitrogens with zero attached hydrogens (tertiary/aromatic N) is 2. The second kappa shape index (κ2) is 8.38. The van der Waals surface area contributed by atoms with Crippen molar-refractivity contribution in [2.45, 2.75) is 25.9 Å². The van der Waals surface area contributed by atoms with Gasteiger partial charge in [-0.15, -0.1) is 0 Å². The highest BCUT2D eigenvalue weighted by Gasteiger charge is 2.39. The minimum absolute atomic E-state index is 0.00598. The number of benzene rings is 1. The Morgan fingerprint density at radius 1 is 1.14 bits per heavy atom. The van der Waals surface area contributed by atoms with E-state index in [0.717, 1.165) is 18.2 Å². The summed E-state index contributed by atoms with van der Waals surface area (Å²) in [4.78, 5) is 15.0. The second-order valence-electron chi connectivity index (χ2n) is 5.55. The number of nitriles is 1. The molecule has 29 heavy (non-hydrogen) atoms. The molecule has 154 valence electrons. The van der Waals surface area contributed by atoms with Gasteiger partial charge >= 0.3 is 18.3 Å². The Bertz CT molecular complexity index is 948.